The molecule has 1 aliphatic heterocycles. The zero-order valence-corrected chi connectivity index (χ0v) is 25.0. The second kappa shape index (κ2) is 9.15. The number of alkyl halides is 1. The van der Waals surface area contributed by atoms with Gasteiger partial charge in [0.1, 0.15) is 30.2 Å². The van der Waals surface area contributed by atoms with Gasteiger partial charge in [-0.2, -0.15) is 0 Å². The fraction of sp³-hybridized carbons (Fsp3) is 0.773. The molecule has 1 aliphatic rings. The summed E-state index contributed by atoms with van der Waals surface area (Å²) in [5.41, 5.74) is 1.13. The van der Waals surface area contributed by atoms with Gasteiger partial charge in [-0.15, -0.1) is 11.6 Å². The molecule has 0 bridgehead atoms. The summed E-state index contributed by atoms with van der Waals surface area (Å²) in [4.78, 5) is 12.9. The van der Waals surface area contributed by atoms with Crippen molar-refractivity contribution in [1.82, 2.24) is 19.5 Å². The second-order valence-corrected chi connectivity index (χ2v) is 22.1. The molecule has 11 heteroatoms. The quantitative estimate of drug-likeness (QED) is 0.243. The van der Waals surface area contributed by atoms with Gasteiger partial charge in [0.05, 0.1) is 12.2 Å². The normalized spacial score (nSPS) is 25.2. The van der Waals surface area contributed by atoms with Crippen LogP contribution in [-0.2, 0) is 13.6 Å². The van der Waals surface area contributed by atoms with Crippen LogP contribution in [0.3, 0.4) is 0 Å². The molecule has 0 spiro atoms. The van der Waals surface area contributed by atoms with Crippen LogP contribution in [-0.4, -0.2) is 60.3 Å². The summed E-state index contributed by atoms with van der Waals surface area (Å²) in [6.45, 7) is 22.4. The molecule has 0 unspecified atom stereocenters. The highest BCUT2D eigenvalue weighted by atomic mass is 35.5. The largest absolute Gasteiger partial charge is 0.408 e. The first-order valence-electron chi connectivity index (χ1n) is 11.4. The minimum absolute atomic E-state index is 0.0145. The van der Waals surface area contributed by atoms with Gasteiger partial charge in [-0.3, -0.25) is 4.57 Å². The maximum atomic E-state index is 7.01. The highest BCUT2D eigenvalue weighted by Crippen LogP contribution is 2.46. The maximum Gasteiger partial charge on any atom is 0.192 e. The van der Waals surface area contributed by atoms with Crippen molar-refractivity contribution in [3.05, 3.63) is 17.8 Å². The lowest BCUT2D eigenvalue weighted by Gasteiger charge is -2.44. The van der Waals surface area contributed by atoms with Gasteiger partial charge in [-0.05, 0) is 36.3 Å². The smallest absolute Gasteiger partial charge is 0.192 e. The van der Waals surface area contributed by atoms with Crippen molar-refractivity contribution in [2.24, 2.45) is 0 Å². The van der Waals surface area contributed by atoms with E-state index in [1.165, 1.54) is 6.33 Å². The van der Waals surface area contributed by atoms with E-state index in [0.29, 0.717) is 22.2 Å². The third-order valence-electron chi connectivity index (χ3n) is 7.50. The summed E-state index contributed by atoms with van der Waals surface area (Å²) < 4.78 is 22.4. The Hall–Kier alpha value is -0.556. The maximum absolute atomic E-state index is 7.01. The summed E-state index contributed by atoms with van der Waals surface area (Å²) in [7, 11) is -4.33. The van der Waals surface area contributed by atoms with E-state index in [2.05, 4.69) is 82.7 Å². The molecule has 186 valence electrons. The van der Waals surface area contributed by atoms with Gasteiger partial charge in [0.25, 0.3) is 0 Å². The molecule has 0 amide bonds. The van der Waals surface area contributed by atoms with Crippen LogP contribution in [0.1, 0.15) is 47.8 Å². The molecule has 33 heavy (non-hydrogen) atoms. The van der Waals surface area contributed by atoms with E-state index in [4.69, 9.17) is 36.8 Å². The van der Waals surface area contributed by atoms with Gasteiger partial charge < -0.3 is 13.6 Å². The first kappa shape index (κ1) is 27.0. The molecule has 3 rings (SSSR count). The van der Waals surface area contributed by atoms with Crippen molar-refractivity contribution < 1.29 is 13.6 Å². The first-order valence-corrected chi connectivity index (χ1v) is 18.1. The highest BCUT2D eigenvalue weighted by Gasteiger charge is 2.54. The molecule has 4 atom stereocenters. The van der Waals surface area contributed by atoms with Crippen molar-refractivity contribution in [3.63, 3.8) is 0 Å². The molecule has 1 fully saturated rings. The number of imidazole rings is 1. The van der Waals surface area contributed by atoms with Crippen LogP contribution in [0.15, 0.2) is 12.7 Å². The molecule has 1 saturated heterocycles. The predicted octanol–water partition coefficient (Wildman–Crippen LogP) is 6.40. The van der Waals surface area contributed by atoms with Crippen molar-refractivity contribution >= 4 is 51.0 Å². The van der Waals surface area contributed by atoms with E-state index in [1.807, 2.05) is 4.57 Å². The highest BCUT2D eigenvalue weighted by molar-refractivity contribution is 6.74. The average Bonchev–Trinajstić information content (AvgIpc) is 3.22. The van der Waals surface area contributed by atoms with Crippen LogP contribution in [0.2, 0.25) is 41.4 Å². The number of halogens is 2. The van der Waals surface area contributed by atoms with Crippen LogP contribution in [0.5, 0.6) is 0 Å². The molecule has 0 radical (unpaired) electrons. The minimum atomic E-state index is -2.19. The van der Waals surface area contributed by atoms with Crippen LogP contribution >= 0.6 is 23.2 Å². The SMILES string of the molecule is CC(C)(C)[Si](C)(C)O[C@@H]1[C@H](O[Si](C)(C)C(C)(C)C)[C@@H](CCl)O[C@H]1n1cnc2c(Cl)ncnc21. The van der Waals surface area contributed by atoms with E-state index in [0.717, 1.165) is 0 Å². The Kier molecular flexibility index (Phi) is 7.49. The van der Waals surface area contributed by atoms with E-state index >= 15 is 0 Å². The molecule has 0 aromatic carbocycles. The second-order valence-electron chi connectivity index (χ2n) is 11.9. The van der Waals surface area contributed by atoms with Crippen LogP contribution in [0, 0.1) is 0 Å². The lowest BCUT2D eigenvalue weighted by Crippen LogP contribution is -2.53. The van der Waals surface area contributed by atoms with Gasteiger partial charge in [0.15, 0.2) is 33.7 Å². The standard InChI is InChI=1S/C22H38Cl2N4O3Si2/c1-21(2,3)32(7,8)30-16-14(11-23)29-20(17(16)31-33(9,10)22(4,5)6)28-13-27-15-18(24)25-12-26-19(15)28/h12-14,16-17,20H,11H2,1-10H3/t14-,16-,17-,20-/m1/s1. The summed E-state index contributed by atoms with van der Waals surface area (Å²) in [5.74, 6) is 0.301. The number of hydrogen-bond acceptors (Lipinski definition) is 6. The Balaban J connectivity index is 2.10. The molecular weight excluding hydrogens is 495 g/mol. The number of hydrogen-bond donors (Lipinski definition) is 0. The van der Waals surface area contributed by atoms with Gasteiger partial charge in [-0.25, -0.2) is 15.0 Å². The summed E-state index contributed by atoms with van der Waals surface area (Å²) in [5, 5.41) is 0.355. The van der Waals surface area contributed by atoms with Gasteiger partial charge in [0, 0.05) is 0 Å². The predicted molar refractivity (Wildman–Crippen MR) is 139 cm³/mol. The lowest BCUT2D eigenvalue weighted by molar-refractivity contribution is -0.0250. The molecule has 0 N–H and O–H groups in total. The van der Waals surface area contributed by atoms with Crippen molar-refractivity contribution in [2.45, 2.75) is 102 Å². The fourth-order valence-electron chi connectivity index (χ4n) is 3.37. The van der Waals surface area contributed by atoms with Crippen molar-refractivity contribution in [3.8, 4) is 0 Å². The van der Waals surface area contributed by atoms with Crippen LogP contribution in [0.4, 0.5) is 0 Å². The Morgan fingerprint density at radius 3 is 2.00 bits per heavy atom. The molecule has 7 nitrogen and oxygen atoms in total. The summed E-state index contributed by atoms with van der Waals surface area (Å²) in [6, 6.07) is 0. The first-order chi connectivity index (χ1) is 15.0. The molecule has 0 saturated carbocycles. The molecule has 0 aliphatic carbocycles. The van der Waals surface area contributed by atoms with E-state index in [-0.39, 0.29) is 28.4 Å². The van der Waals surface area contributed by atoms with Gasteiger partial charge >= 0.3 is 0 Å². The topological polar surface area (TPSA) is 71.3 Å². The van der Waals surface area contributed by atoms with Gasteiger partial charge in [0.2, 0.25) is 0 Å². The van der Waals surface area contributed by atoms with Gasteiger partial charge in [-0.1, -0.05) is 53.1 Å². The number of fused-ring (bicyclic) bond motifs is 1. The third kappa shape index (κ3) is 5.19. The van der Waals surface area contributed by atoms with Crippen molar-refractivity contribution in [1.29, 1.82) is 0 Å². The zero-order chi connectivity index (χ0) is 25.0. The summed E-state index contributed by atoms with van der Waals surface area (Å²) in [6.07, 6.45) is 1.64. The molecule has 2 aromatic heterocycles. The molecular formula is C22H38Cl2N4O3Si2. The Bertz CT molecular complexity index is 988. The number of aromatic nitrogens is 4. The van der Waals surface area contributed by atoms with Crippen LogP contribution in [0.25, 0.3) is 11.2 Å². The Morgan fingerprint density at radius 2 is 1.48 bits per heavy atom. The third-order valence-corrected chi connectivity index (χ3v) is 17.0. The molecule has 2 aromatic rings. The van der Waals surface area contributed by atoms with E-state index < -0.39 is 22.9 Å². The fourth-order valence-corrected chi connectivity index (χ4v) is 6.40. The Morgan fingerprint density at radius 1 is 0.939 bits per heavy atom. The number of nitrogens with zero attached hydrogens (tertiary/aromatic N) is 4. The van der Waals surface area contributed by atoms with E-state index in [1.54, 1.807) is 6.33 Å². The van der Waals surface area contributed by atoms with Crippen LogP contribution < -0.4 is 0 Å². The monoisotopic (exact) mass is 532 g/mol. The summed E-state index contributed by atoms with van der Waals surface area (Å²) >= 11 is 12.7. The number of ether oxygens (including phenoxy) is 1. The zero-order valence-electron chi connectivity index (χ0n) is 21.4. The molecule has 3 heterocycles. The lowest BCUT2D eigenvalue weighted by atomic mass is 10.1. The average molecular weight is 534 g/mol. The van der Waals surface area contributed by atoms with E-state index in [9.17, 15) is 0 Å². The minimum Gasteiger partial charge on any atom is -0.408 e. The number of rotatable bonds is 6. The Labute approximate surface area is 209 Å². The van der Waals surface area contributed by atoms with Crippen molar-refractivity contribution in [2.75, 3.05) is 5.88 Å².